The Labute approximate surface area is 268 Å². The molecule has 2 amide bonds. The fraction of sp³-hybridized carbons (Fsp3) is 0.588. The predicted octanol–water partition coefficient (Wildman–Crippen LogP) is 2.98. The van der Waals surface area contributed by atoms with Crippen LogP contribution in [0.2, 0.25) is 0 Å². The zero-order valence-corrected chi connectivity index (χ0v) is 27.9. The molecule has 1 fully saturated rings. The van der Waals surface area contributed by atoms with Crippen LogP contribution in [0.15, 0.2) is 53.4 Å². The Balaban J connectivity index is 1.55. The number of ether oxygens (including phenoxy) is 1. The van der Waals surface area contributed by atoms with Crippen LogP contribution in [-0.2, 0) is 32.5 Å². The number of hydrogen-bond acceptors (Lipinski definition) is 7. The maximum absolute atomic E-state index is 13.9. The van der Waals surface area contributed by atoms with Crippen molar-refractivity contribution in [3.63, 3.8) is 0 Å². The summed E-state index contributed by atoms with van der Waals surface area (Å²) in [5, 5.41) is 17.6. The quantitative estimate of drug-likeness (QED) is 0.257. The third-order valence-electron chi connectivity index (χ3n) is 8.73. The van der Waals surface area contributed by atoms with Gasteiger partial charge in [-0.15, -0.1) is 0 Å². The Bertz CT molecular complexity index is 1380. The highest BCUT2D eigenvalue weighted by molar-refractivity contribution is 7.89. The third kappa shape index (κ3) is 9.51. The van der Waals surface area contributed by atoms with Gasteiger partial charge in [0, 0.05) is 19.5 Å². The Hall–Kier alpha value is -2.99. The van der Waals surface area contributed by atoms with Crippen molar-refractivity contribution < 1.29 is 27.9 Å². The second-order valence-electron chi connectivity index (χ2n) is 12.9. The maximum atomic E-state index is 13.9. The van der Waals surface area contributed by atoms with Gasteiger partial charge in [0.2, 0.25) is 21.8 Å². The highest BCUT2D eigenvalue weighted by Crippen LogP contribution is 2.29. The summed E-state index contributed by atoms with van der Waals surface area (Å²) in [6.45, 7) is 10.2. The summed E-state index contributed by atoms with van der Waals surface area (Å²) in [6, 6.07) is 12.8. The number of carbonyl (C=O) groups is 2. The van der Waals surface area contributed by atoms with E-state index in [2.05, 4.69) is 15.5 Å². The number of likely N-dealkylation sites (tertiary alicyclic amines) is 1. The van der Waals surface area contributed by atoms with Gasteiger partial charge in [-0.2, -0.15) is 4.31 Å². The molecule has 3 N–H and O–H groups in total. The monoisotopic (exact) mass is 642 g/mol. The molecule has 1 unspecified atom stereocenters. The molecule has 2 aromatic carbocycles. The van der Waals surface area contributed by atoms with Gasteiger partial charge in [-0.1, -0.05) is 64.4 Å². The number of benzene rings is 2. The SMILES string of the molecule is CCC(C)[C@H](NC(=O)CN1CCCC1)C(=O)N[C@@H](Cc1ccccc1)[C@H](O)CN(CC(C)C)S(=O)(=O)c1ccc2c(c1)CCO2. The highest BCUT2D eigenvalue weighted by Gasteiger charge is 2.34. The molecule has 0 aromatic heterocycles. The van der Waals surface area contributed by atoms with Gasteiger partial charge < -0.3 is 20.5 Å². The van der Waals surface area contributed by atoms with Crippen LogP contribution < -0.4 is 15.4 Å². The van der Waals surface area contributed by atoms with Crippen molar-refractivity contribution in [2.45, 2.75) is 82.9 Å². The highest BCUT2D eigenvalue weighted by atomic mass is 32.2. The van der Waals surface area contributed by atoms with E-state index in [1.807, 2.05) is 58.0 Å². The lowest BCUT2D eigenvalue weighted by Crippen LogP contribution is -2.57. The molecule has 0 saturated carbocycles. The molecular formula is C34H50N4O6S. The van der Waals surface area contributed by atoms with Crippen LogP contribution in [0, 0.1) is 11.8 Å². The molecule has 0 aliphatic carbocycles. The van der Waals surface area contributed by atoms with Crippen LogP contribution in [0.3, 0.4) is 0 Å². The summed E-state index contributed by atoms with van der Waals surface area (Å²) in [5.74, 6) is -0.0583. The first-order valence-electron chi connectivity index (χ1n) is 16.3. The van der Waals surface area contributed by atoms with Crippen LogP contribution >= 0.6 is 0 Å². The zero-order chi connectivity index (χ0) is 32.6. The van der Waals surface area contributed by atoms with Crippen LogP contribution in [0.25, 0.3) is 0 Å². The molecule has 4 atom stereocenters. The summed E-state index contributed by atoms with van der Waals surface area (Å²) >= 11 is 0. The maximum Gasteiger partial charge on any atom is 0.243 e. The number of aliphatic hydroxyl groups excluding tert-OH is 1. The van der Waals surface area contributed by atoms with Crippen LogP contribution in [0.4, 0.5) is 0 Å². The number of carbonyl (C=O) groups excluding carboxylic acids is 2. The van der Waals surface area contributed by atoms with Gasteiger partial charge in [-0.05, 0) is 73.5 Å². The topological polar surface area (TPSA) is 128 Å². The number of fused-ring (bicyclic) bond motifs is 1. The zero-order valence-electron chi connectivity index (χ0n) is 27.1. The Morgan fingerprint density at radius 1 is 1.02 bits per heavy atom. The number of amides is 2. The number of rotatable bonds is 16. The Morgan fingerprint density at radius 3 is 2.40 bits per heavy atom. The van der Waals surface area contributed by atoms with Gasteiger partial charge in [-0.25, -0.2) is 8.42 Å². The molecule has 0 spiro atoms. The summed E-state index contributed by atoms with van der Waals surface area (Å²) < 4.78 is 34.8. The van der Waals surface area contributed by atoms with Gasteiger partial charge in [0.25, 0.3) is 0 Å². The largest absolute Gasteiger partial charge is 0.493 e. The molecule has 45 heavy (non-hydrogen) atoms. The first-order chi connectivity index (χ1) is 21.5. The molecule has 0 radical (unpaired) electrons. The number of nitrogens with one attached hydrogen (secondary N) is 2. The minimum atomic E-state index is -3.97. The van der Waals surface area contributed by atoms with Crippen LogP contribution in [0.1, 0.15) is 58.1 Å². The second-order valence-corrected chi connectivity index (χ2v) is 14.8. The molecular weight excluding hydrogens is 592 g/mol. The number of sulfonamides is 1. The van der Waals surface area contributed by atoms with Crippen molar-refractivity contribution in [1.82, 2.24) is 19.8 Å². The van der Waals surface area contributed by atoms with Crippen molar-refractivity contribution >= 4 is 21.8 Å². The van der Waals surface area contributed by atoms with E-state index >= 15 is 0 Å². The molecule has 4 rings (SSSR count). The lowest BCUT2D eigenvalue weighted by atomic mass is 9.96. The first kappa shape index (κ1) is 34.9. The summed E-state index contributed by atoms with van der Waals surface area (Å²) in [5.41, 5.74) is 1.73. The lowest BCUT2D eigenvalue weighted by molar-refractivity contribution is -0.131. The first-order valence-corrected chi connectivity index (χ1v) is 17.7. The number of hydrogen-bond donors (Lipinski definition) is 3. The van der Waals surface area contributed by atoms with E-state index in [1.54, 1.807) is 18.2 Å². The molecule has 10 nitrogen and oxygen atoms in total. The van der Waals surface area contributed by atoms with Gasteiger partial charge in [0.1, 0.15) is 11.8 Å². The van der Waals surface area contributed by atoms with Gasteiger partial charge >= 0.3 is 0 Å². The molecule has 1 saturated heterocycles. The van der Waals surface area contributed by atoms with Crippen molar-refractivity contribution in [1.29, 1.82) is 0 Å². The van der Waals surface area contributed by atoms with E-state index in [1.165, 1.54) is 4.31 Å². The summed E-state index contributed by atoms with van der Waals surface area (Å²) in [6.07, 6.45) is 2.49. The van der Waals surface area contributed by atoms with Crippen molar-refractivity contribution in [2.75, 3.05) is 39.3 Å². The van der Waals surface area contributed by atoms with Gasteiger partial charge in [0.15, 0.2) is 0 Å². The van der Waals surface area contributed by atoms with Crippen molar-refractivity contribution in [3.8, 4) is 5.75 Å². The Morgan fingerprint density at radius 2 is 1.73 bits per heavy atom. The molecule has 2 aromatic rings. The summed E-state index contributed by atoms with van der Waals surface area (Å²) in [7, 11) is -3.97. The smallest absolute Gasteiger partial charge is 0.243 e. The van der Waals surface area contributed by atoms with Crippen molar-refractivity contribution in [2.24, 2.45) is 11.8 Å². The van der Waals surface area contributed by atoms with E-state index in [0.717, 1.165) is 37.1 Å². The molecule has 2 aliphatic heterocycles. The molecule has 2 aliphatic rings. The fourth-order valence-corrected chi connectivity index (χ4v) is 7.65. The lowest BCUT2D eigenvalue weighted by Gasteiger charge is -2.32. The average Bonchev–Trinajstić information content (AvgIpc) is 3.71. The molecule has 0 bridgehead atoms. The van der Waals surface area contributed by atoms with Gasteiger partial charge in [0.05, 0.1) is 30.2 Å². The van der Waals surface area contributed by atoms with E-state index in [4.69, 9.17) is 4.74 Å². The minimum absolute atomic E-state index is 0.00694. The van der Waals surface area contributed by atoms with E-state index in [-0.39, 0.29) is 48.7 Å². The van der Waals surface area contributed by atoms with E-state index < -0.39 is 34.1 Å². The Kier molecular flexibility index (Phi) is 12.4. The van der Waals surface area contributed by atoms with Crippen LogP contribution in [-0.4, -0.2) is 92.1 Å². The molecule has 248 valence electrons. The van der Waals surface area contributed by atoms with E-state index in [0.29, 0.717) is 25.2 Å². The van der Waals surface area contributed by atoms with Gasteiger partial charge in [-0.3, -0.25) is 14.5 Å². The number of nitrogens with zero attached hydrogens (tertiary/aromatic N) is 2. The molecule has 11 heteroatoms. The normalized spacial score (nSPS) is 17.8. The van der Waals surface area contributed by atoms with E-state index in [9.17, 15) is 23.1 Å². The minimum Gasteiger partial charge on any atom is -0.493 e. The molecule has 2 heterocycles. The fourth-order valence-electron chi connectivity index (χ4n) is 5.98. The second kappa shape index (κ2) is 16.0. The standard InChI is InChI=1S/C34H50N4O6S/c1-5-25(4)33(36-32(40)23-37-16-9-10-17-37)34(41)35-29(19-26-11-7-6-8-12-26)30(39)22-38(21-24(2)3)45(42,43)28-13-14-31-27(20-28)15-18-44-31/h6-8,11-14,20,24-25,29-30,33,39H,5,9-10,15-19,21-23H2,1-4H3,(H,35,41)(H,36,40)/t25?,29-,30+,33-/m0/s1. The number of aliphatic hydroxyl groups is 1. The predicted molar refractivity (Wildman–Crippen MR) is 174 cm³/mol. The van der Waals surface area contributed by atoms with Crippen LogP contribution in [0.5, 0.6) is 5.75 Å². The summed E-state index contributed by atoms with van der Waals surface area (Å²) in [4.78, 5) is 29.0. The van der Waals surface area contributed by atoms with Crippen molar-refractivity contribution in [3.05, 3.63) is 59.7 Å². The average molecular weight is 643 g/mol. The third-order valence-corrected chi connectivity index (χ3v) is 10.6.